The minimum absolute atomic E-state index is 0.0131. The predicted molar refractivity (Wildman–Crippen MR) is 131 cm³/mol. The minimum atomic E-state index is -0.0131. The van der Waals surface area contributed by atoms with E-state index in [2.05, 4.69) is 58.3 Å². The minimum Gasteiger partial charge on any atom is -0.376 e. The molecular formula is C26H36N6O2. The molecule has 2 fully saturated rings. The van der Waals surface area contributed by atoms with Gasteiger partial charge in [0.15, 0.2) is 5.82 Å². The zero-order valence-electron chi connectivity index (χ0n) is 20.5. The number of rotatable bonds is 8. The van der Waals surface area contributed by atoms with E-state index in [9.17, 15) is 4.79 Å². The van der Waals surface area contributed by atoms with E-state index in [1.807, 2.05) is 16.8 Å². The second kappa shape index (κ2) is 9.96. The maximum absolute atomic E-state index is 13.1. The molecule has 34 heavy (non-hydrogen) atoms. The highest BCUT2D eigenvalue weighted by Gasteiger charge is 2.36. The van der Waals surface area contributed by atoms with Crippen molar-refractivity contribution in [2.45, 2.75) is 90.6 Å². The van der Waals surface area contributed by atoms with Crippen LogP contribution in [0.3, 0.4) is 0 Å². The highest BCUT2D eigenvalue weighted by atomic mass is 16.5. The molecule has 3 aromatic rings. The Morgan fingerprint density at radius 3 is 2.74 bits per heavy atom. The Bertz CT molecular complexity index is 1170. The van der Waals surface area contributed by atoms with Gasteiger partial charge in [-0.25, -0.2) is 4.68 Å². The third-order valence-corrected chi connectivity index (χ3v) is 7.44. The van der Waals surface area contributed by atoms with Gasteiger partial charge in [-0.3, -0.25) is 9.69 Å². The van der Waals surface area contributed by atoms with Crippen molar-refractivity contribution in [1.29, 1.82) is 0 Å². The number of hydrogen-bond acceptors (Lipinski definition) is 6. The zero-order chi connectivity index (χ0) is 23.7. The number of nitrogens with one attached hydrogen (secondary N) is 1. The molecule has 182 valence electrons. The average Bonchev–Trinajstić information content (AvgIpc) is 3.58. The van der Waals surface area contributed by atoms with Gasteiger partial charge in [0, 0.05) is 30.3 Å². The predicted octanol–water partition coefficient (Wildman–Crippen LogP) is 4.14. The monoisotopic (exact) mass is 464 g/mol. The lowest BCUT2D eigenvalue weighted by Gasteiger charge is -2.38. The number of aromatic amines is 1. The van der Waals surface area contributed by atoms with E-state index in [1.54, 1.807) is 0 Å². The molecule has 8 heteroatoms. The number of nitrogens with zero attached hydrogens (tertiary/aromatic N) is 5. The number of benzene rings is 1. The lowest BCUT2D eigenvalue weighted by molar-refractivity contribution is 0.0718. The Labute approximate surface area is 200 Å². The fourth-order valence-electron chi connectivity index (χ4n) is 5.74. The molecule has 0 radical (unpaired) electrons. The van der Waals surface area contributed by atoms with E-state index in [0.717, 1.165) is 54.6 Å². The summed E-state index contributed by atoms with van der Waals surface area (Å²) in [6.45, 7) is 8.61. The van der Waals surface area contributed by atoms with E-state index in [-0.39, 0.29) is 23.6 Å². The van der Waals surface area contributed by atoms with Gasteiger partial charge in [0.25, 0.3) is 5.56 Å². The van der Waals surface area contributed by atoms with Gasteiger partial charge in [-0.15, -0.1) is 5.10 Å². The third-order valence-electron chi connectivity index (χ3n) is 7.44. The summed E-state index contributed by atoms with van der Waals surface area (Å²) >= 11 is 0. The molecule has 2 aliphatic rings. The smallest absolute Gasteiger partial charge is 0.252 e. The van der Waals surface area contributed by atoms with Gasteiger partial charge < -0.3 is 9.72 Å². The lowest BCUT2D eigenvalue weighted by Crippen LogP contribution is -2.41. The normalized spacial score (nSPS) is 20.2. The molecule has 0 bridgehead atoms. The summed E-state index contributed by atoms with van der Waals surface area (Å²) in [5.74, 6) is 1.17. The Balaban J connectivity index is 1.51. The van der Waals surface area contributed by atoms with Crippen molar-refractivity contribution >= 4 is 10.9 Å². The Hall–Kier alpha value is -2.58. The van der Waals surface area contributed by atoms with Crippen LogP contribution in [0.4, 0.5) is 0 Å². The molecule has 2 aromatic heterocycles. The molecule has 0 amide bonds. The molecule has 2 unspecified atom stereocenters. The number of ether oxygens (including phenoxy) is 1. The van der Waals surface area contributed by atoms with Crippen LogP contribution in [-0.4, -0.2) is 48.8 Å². The average molecular weight is 465 g/mol. The first-order chi connectivity index (χ1) is 16.5. The number of hydrogen-bond donors (Lipinski definition) is 1. The van der Waals surface area contributed by atoms with Crippen LogP contribution in [0.15, 0.2) is 29.1 Å². The van der Waals surface area contributed by atoms with E-state index in [4.69, 9.17) is 4.74 Å². The highest BCUT2D eigenvalue weighted by molar-refractivity contribution is 5.79. The quantitative estimate of drug-likeness (QED) is 0.539. The van der Waals surface area contributed by atoms with Gasteiger partial charge in [0.05, 0.1) is 18.7 Å². The molecule has 2 atom stereocenters. The van der Waals surface area contributed by atoms with Crippen molar-refractivity contribution in [3.05, 3.63) is 51.6 Å². The molecule has 5 rings (SSSR count). The summed E-state index contributed by atoms with van der Waals surface area (Å²) in [5, 5.41) is 14.0. The zero-order valence-corrected chi connectivity index (χ0v) is 20.5. The number of pyridine rings is 1. The van der Waals surface area contributed by atoms with Crippen LogP contribution in [0.1, 0.15) is 75.4 Å². The molecular weight excluding hydrogens is 428 g/mol. The first-order valence-electron chi connectivity index (χ1n) is 12.8. The third kappa shape index (κ3) is 4.79. The number of fused-ring (bicyclic) bond motifs is 1. The molecule has 0 spiro atoms. The largest absolute Gasteiger partial charge is 0.376 e. The van der Waals surface area contributed by atoms with Crippen molar-refractivity contribution < 1.29 is 4.74 Å². The molecule has 1 N–H and O–H groups in total. The van der Waals surface area contributed by atoms with Crippen LogP contribution in [0.5, 0.6) is 0 Å². The Kier molecular flexibility index (Phi) is 6.79. The summed E-state index contributed by atoms with van der Waals surface area (Å²) < 4.78 is 7.81. The van der Waals surface area contributed by atoms with Gasteiger partial charge in [-0.1, -0.05) is 38.3 Å². The van der Waals surface area contributed by atoms with Crippen molar-refractivity contribution in [3.8, 4) is 0 Å². The number of aryl methyl sites for hydroxylation is 1. The maximum atomic E-state index is 13.1. The Morgan fingerprint density at radius 2 is 2.00 bits per heavy atom. The van der Waals surface area contributed by atoms with Crippen LogP contribution in [0, 0.1) is 12.8 Å². The number of tetrazole rings is 1. The van der Waals surface area contributed by atoms with Crippen molar-refractivity contribution in [1.82, 2.24) is 30.1 Å². The summed E-state index contributed by atoms with van der Waals surface area (Å²) in [7, 11) is 0. The summed E-state index contributed by atoms with van der Waals surface area (Å²) in [5.41, 5.74) is 2.86. The van der Waals surface area contributed by atoms with Crippen molar-refractivity contribution in [3.63, 3.8) is 0 Å². The molecule has 3 heterocycles. The van der Waals surface area contributed by atoms with Gasteiger partial charge in [-0.2, -0.15) is 0 Å². The van der Waals surface area contributed by atoms with Gasteiger partial charge in [-0.05, 0) is 72.5 Å². The molecule has 1 saturated heterocycles. The van der Waals surface area contributed by atoms with Gasteiger partial charge in [0.2, 0.25) is 0 Å². The van der Waals surface area contributed by atoms with E-state index in [1.165, 1.54) is 18.4 Å². The fraction of sp³-hybridized carbons (Fsp3) is 0.615. The van der Waals surface area contributed by atoms with Gasteiger partial charge >= 0.3 is 0 Å². The summed E-state index contributed by atoms with van der Waals surface area (Å²) in [4.78, 5) is 18.7. The fourth-order valence-corrected chi connectivity index (χ4v) is 5.74. The number of aromatic nitrogens is 5. The summed E-state index contributed by atoms with van der Waals surface area (Å²) in [6, 6.07) is 8.65. The first-order valence-corrected chi connectivity index (χ1v) is 12.8. The molecule has 1 aliphatic heterocycles. The lowest BCUT2D eigenvalue weighted by atomic mass is 9.97. The van der Waals surface area contributed by atoms with Crippen molar-refractivity contribution in [2.75, 3.05) is 6.61 Å². The molecule has 1 aromatic carbocycles. The Morgan fingerprint density at radius 1 is 1.18 bits per heavy atom. The van der Waals surface area contributed by atoms with Crippen LogP contribution < -0.4 is 5.56 Å². The van der Waals surface area contributed by atoms with E-state index < -0.39 is 0 Å². The second-order valence-corrected chi connectivity index (χ2v) is 10.4. The maximum Gasteiger partial charge on any atom is 0.252 e. The topological polar surface area (TPSA) is 88.9 Å². The van der Waals surface area contributed by atoms with E-state index >= 15 is 0 Å². The van der Waals surface area contributed by atoms with Crippen molar-refractivity contribution in [2.24, 2.45) is 5.92 Å². The number of H-pyrrole nitrogens is 1. The van der Waals surface area contributed by atoms with Crippen LogP contribution in [0.2, 0.25) is 0 Å². The standard InChI is InChI=1S/C26H36N6O2/c1-17(2)24(25-28-29-30-32(25)16-22-9-6-12-34-22)31(21-7-4-5-8-21)15-20-14-19-13-18(3)10-11-23(19)27-26(20)33/h10-11,13-14,17,21-22,24H,4-9,12,15-16H2,1-3H3,(H,27,33). The SMILES string of the molecule is Cc1ccc2[nH]c(=O)c(CN(C3CCCC3)C(c3nnnn3CC3CCCO3)C(C)C)cc2c1. The van der Waals surface area contributed by atoms with Crippen LogP contribution >= 0.6 is 0 Å². The molecule has 1 saturated carbocycles. The van der Waals surface area contributed by atoms with Crippen LogP contribution in [0.25, 0.3) is 10.9 Å². The first kappa shape index (κ1) is 23.2. The van der Waals surface area contributed by atoms with Crippen LogP contribution in [-0.2, 0) is 17.8 Å². The van der Waals surface area contributed by atoms with Gasteiger partial charge in [0.1, 0.15) is 0 Å². The molecule has 1 aliphatic carbocycles. The van der Waals surface area contributed by atoms with E-state index in [0.29, 0.717) is 19.1 Å². The highest BCUT2D eigenvalue weighted by Crippen LogP contribution is 2.36. The molecule has 8 nitrogen and oxygen atoms in total. The second-order valence-electron chi connectivity index (χ2n) is 10.4. The summed E-state index contributed by atoms with van der Waals surface area (Å²) in [6.07, 6.45) is 7.03.